The molecule has 78 valence electrons. The van der Waals surface area contributed by atoms with Crippen molar-refractivity contribution in [3.8, 4) is 0 Å². The van der Waals surface area contributed by atoms with Gasteiger partial charge in [0.25, 0.3) is 0 Å². The maximum absolute atomic E-state index is 8.29. The maximum Gasteiger partial charge on any atom is 0.335 e. The average Bonchev–Trinajstić information content (AvgIpc) is 1.88. The van der Waals surface area contributed by atoms with Gasteiger partial charge in [-0.1, -0.05) is 13.2 Å². The molecule has 0 aromatic carbocycles. The van der Waals surface area contributed by atoms with Crippen LogP contribution in [0.4, 0.5) is 0 Å². The lowest BCUT2D eigenvalue weighted by molar-refractivity contribution is -0.878. The molecule has 0 rings (SSSR count). The van der Waals surface area contributed by atoms with Gasteiger partial charge in [-0.25, -0.2) is 0 Å². The Kier molecular flexibility index (Phi) is 16.3. The quantitative estimate of drug-likeness (QED) is 0.401. The Labute approximate surface area is 89.7 Å². The van der Waals surface area contributed by atoms with Gasteiger partial charge >= 0.3 is 11.6 Å². The lowest BCUT2D eigenvalue weighted by Crippen LogP contribution is -3.00. The molecule has 0 aliphatic carbocycles. The first-order valence-electron chi connectivity index (χ1n) is 3.49. The fraction of sp³-hybridized carbons (Fsp3) is 0.500. The highest BCUT2D eigenvalue weighted by molar-refractivity contribution is 7.51. The standard InChI is InChI=1S/C8H16N.ClH.O2S/c1-5-7-9(3,4)8-6-2;;1-3-2/h5-6H,1-2,7-8H2,3-4H3;1H;/q+1;;/p-1. The van der Waals surface area contributed by atoms with E-state index in [0.29, 0.717) is 0 Å². The first kappa shape index (κ1) is 18.4. The minimum Gasteiger partial charge on any atom is -1.00 e. The van der Waals surface area contributed by atoms with Crippen molar-refractivity contribution in [2.24, 2.45) is 0 Å². The van der Waals surface area contributed by atoms with Crippen molar-refractivity contribution in [2.45, 2.75) is 0 Å². The van der Waals surface area contributed by atoms with E-state index < -0.39 is 11.6 Å². The summed E-state index contributed by atoms with van der Waals surface area (Å²) in [6, 6.07) is 0. The van der Waals surface area contributed by atoms with Crippen molar-refractivity contribution in [1.82, 2.24) is 0 Å². The van der Waals surface area contributed by atoms with Crippen molar-refractivity contribution in [2.75, 3.05) is 27.2 Å². The molecule has 0 heterocycles. The Morgan fingerprint density at radius 3 is 1.54 bits per heavy atom. The zero-order chi connectivity index (χ0) is 10.0. The molecular weight excluding hydrogens is 210 g/mol. The van der Waals surface area contributed by atoms with Gasteiger partial charge in [0.2, 0.25) is 0 Å². The van der Waals surface area contributed by atoms with Gasteiger partial charge in [0, 0.05) is 0 Å². The van der Waals surface area contributed by atoms with E-state index in [1.54, 1.807) is 0 Å². The first-order valence-corrected chi connectivity index (χ1v) is 4.16. The normalized spacial score (nSPS) is 8.46. The second-order valence-corrected chi connectivity index (χ2v) is 3.08. The average molecular weight is 226 g/mol. The minimum atomic E-state index is -0.750. The van der Waals surface area contributed by atoms with Gasteiger partial charge in [-0.15, -0.1) is 0 Å². The molecule has 3 nitrogen and oxygen atoms in total. The largest absolute Gasteiger partial charge is 1.00 e. The summed E-state index contributed by atoms with van der Waals surface area (Å²) in [5.74, 6) is 0. The minimum absolute atomic E-state index is 0. The van der Waals surface area contributed by atoms with Crippen molar-refractivity contribution < 1.29 is 25.3 Å². The summed E-state index contributed by atoms with van der Waals surface area (Å²) in [5, 5.41) is 0. The summed E-state index contributed by atoms with van der Waals surface area (Å²) in [6.07, 6.45) is 3.87. The van der Waals surface area contributed by atoms with Gasteiger partial charge in [-0.05, 0) is 12.2 Å². The van der Waals surface area contributed by atoms with E-state index in [1.807, 2.05) is 12.2 Å². The lowest BCUT2D eigenvalue weighted by Gasteiger charge is -2.26. The van der Waals surface area contributed by atoms with Crippen LogP contribution < -0.4 is 12.4 Å². The van der Waals surface area contributed by atoms with Gasteiger partial charge < -0.3 is 16.9 Å². The topological polar surface area (TPSA) is 34.1 Å². The van der Waals surface area contributed by atoms with Crippen molar-refractivity contribution in [3.63, 3.8) is 0 Å². The Hall–Kier alpha value is -0.450. The Balaban J connectivity index is -0.000000220. The zero-order valence-corrected chi connectivity index (χ0v) is 9.61. The molecule has 0 atom stereocenters. The summed E-state index contributed by atoms with van der Waals surface area (Å²) >= 11 is -0.750. The summed E-state index contributed by atoms with van der Waals surface area (Å²) < 4.78 is 17.5. The van der Waals surface area contributed by atoms with E-state index in [1.165, 1.54) is 0 Å². The molecule has 0 fully saturated rings. The van der Waals surface area contributed by atoms with Crippen LogP contribution in [0, 0.1) is 0 Å². The fourth-order valence-corrected chi connectivity index (χ4v) is 0.774. The van der Waals surface area contributed by atoms with Crippen LogP contribution in [0.5, 0.6) is 0 Å². The number of quaternary nitrogens is 1. The highest BCUT2D eigenvalue weighted by Gasteiger charge is 2.07. The predicted molar refractivity (Wildman–Crippen MR) is 51.2 cm³/mol. The van der Waals surface area contributed by atoms with Crippen LogP contribution >= 0.6 is 0 Å². The van der Waals surface area contributed by atoms with Gasteiger partial charge in [-0.3, -0.25) is 0 Å². The van der Waals surface area contributed by atoms with E-state index in [-0.39, 0.29) is 12.4 Å². The summed E-state index contributed by atoms with van der Waals surface area (Å²) in [7, 11) is 4.31. The third kappa shape index (κ3) is 18.5. The van der Waals surface area contributed by atoms with Gasteiger partial charge in [-0.2, -0.15) is 8.42 Å². The third-order valence-electron chi connectivity index (χ3n) is 1.25. The summed E-state index contributed by atoms with van der Waals surface area (Å²) in [4.78, 5) is 0. The van der Waals surface area contributed by atoms with E-state index in [0.717, 1.165) is 17.6 Å². The van der Waals surface area contributed by atoms with Crippen LogP contribution in [0.25, 0.3) is 0 Å². The van der Waals surface area contributed by atoms with Crippen LogP contribution in [0.3, 0.4) is 0 Å². The molecule has 0 amide bonds. The van der Waals surface area contributed by atoms with E-state index in [4.69, 9.17) is 8.42 Å². The second-order valence-electron chi connectivity index (χ2n) is 2.95. The predicted octanol–water partition coefficient (Wildman–Crippen LogP) is -2.23. The summed E-state index contributed by atoms with van der Waals surface area (Å²) in [6.45, 7) is 9.37. The molecule has 0 unspecified atom stereocenters. The molecule has 0 spiro atoms. The SMILES string of the molecule is C=CC[N+](C)(C)CC=C.O=S=O.[Cl-]. The van der Waals surface area contributed by atoms with Crippen LogP contribution in [0.15, 0.2) is 25.3 Å². The fourth-order valence-electron chi connectivity index (χ4n) is 0.774. The molecule has 0 radical (unpaired) electrons. The number of rotatable bonds is 4. The first-order chi connectivity index (χ1) is 5.54. The van der Waals surface area contributed by atoms with Gasteiger partial charge in [0.05, 0.1) is 27.2 Å². The molecule has 0 aromatic rings. The Morgan fingerprint density at radius 2 is 1.38 bits per heavy atom. The third-order valence-corrected chi connectivity index (χ3v) is 1.25. The van der Waals surface area contributed by atoms with Crippen LogP contribution in [0.2, 0.25) is 0 Å². The highest BCUT2D eigenvalue weighted by atomic mass is 35.5. The Bertz CT molecular complexity index is 165. The summed E-state index contributed by atoms with van der Waals surface area (Å²) in [5.41, 5.74) is 0. The van der Waals surface area contributed by atoms with Crippen LogP contribution in [-0.4, -0.2) is 40.1 Å². The maximum atomic E-state index is 8.29. The van der Waals surface area contributed by atoms with Crippen LogP contribution in [0.1, 0.15) is 0 Å². The molecule has 0 bridgehead atoms. The van der Waals surface area contributed by atoms with Crippen molar-refractivity contribution in [1.29, 1.82) is 0 Å². The van der Waals surface area contributed by atoms with E-state index >= 15 is 0 Å². The zero-order valence-electron chi connectivity index (χ0n) is 8.03. The van der Waals surface area contributed by atoms with Crippen LogP contribution in [-0.2, 0) is 11.6 Å². The number of likely N-dealkylation sites (N-methyl/N-ethyl adjacent to an activating group) is 1. The number of halogens is 1. The molecule has 0 aromatic heterocycles. The number of hydrogen-bond donors (Lipinski definition) is 0. The number of nitrogens with zero attached hydrogens (tertiary/aromatic N) is 1. The molecule has 13 heavy (non-hydrogen) atoms. The van der Waals surface area contributed by atoms with Gasteiger partial charge in [0.15, 0.2) is 0 Å². The second kappa shape index (κ2) is 11.6. The van der Waals surface area contributed by atoms with E-state index in [2.05, 4.69) is 27.3 Å². The molecule has 5 heteroatoms. The monoisotopic (exact) mass is 225 g/mol. The van der Waals surface area contributed by atoms with Gasteiger partial charge in [0.1, 0.15) is 0 Å². The lowest BCUT2D eigenvalue weighted by atomic mass is 10.4. The molecule has 0 N–H and O–H groups in total. The molecule has 0 saturated carbocycles. The molecule has 0 aliphatic heterocycles. The van der Waals surface area contributed by atoms with E-state index in [9.17, 15) is 0 Å². The highest BCUT2D eigenvalue weighted by Crippen LogP contribution is 1.95. The van der Waals surface area contributed by atoms with Crippen molar-refractivity contribution in [3.05, 3.63) is 25.3 Å². The Morgan fingerprint density at radius 1 is 1.15 bits per heavy atom. The molecule has 0 aliphatic rings. The smallest absolute Gasteiger partial charge is 0.335 e. The van der Waals surface area contributed by atoms with Crippen molar-refractivity contribution >= 4 is 11.6 Å². The molecular formula is C8H16ClNO2S. The molecule has 0 saturated heterocycles. The number of hydrogen-bond acceptors (Lipinski definition) is 2.